The molecule has 1 unspecified atom stereocenters. The van der Waals surface area contributed by atoms with Gasteiger partial charge in [0, 0.05) is 19.7 Å². The molecule has 1 aromatic rings. The molecule has 0 amide bonds. The molecule has 0 saturated heterocycles. The second-order valence-corrected chi connectivity index (χ2v) is 4.22. The quantitative estimate of drug-likeness (QED) is 0.787. The highest BCUT2D eigenvalue weighted by Crippen LogP contribution is 2.20. The summed E-state index contributed by atoms with van der Waals surface area (Å²) in [7, 11) is 1.66. The van der Waals surface area contributed by atoms with Crippen LogP contribution in [0.1, 0.15) is 20.3 Å². The fourth-order valence-corrected chi connectivity index (χ4v) is 1.46. The van der Waals surface area contributed by atoms with Crippen molar-refractivity contribution in [1.82, 2.24) is 9.97 Å². The van der Waals surface area contributed by atoms with Crippen LogP contribution >= 0.6 is 11.6 Å². The van der Waals surface area contributed by atoms with Gasteiger partial charge in [0.05, 0.1) is 12.8 Å². The minimum atomic E-state index is 0.145. The van der Waals surface area contributed by atoms with Crippen LogP contribution < -0.4 is 10.6 Å². The summed E-state index contributed by atoms with van der Waals surface area (Å²) in [5.41, 5.74) is 0. The van der Waals surface area contributed by atoms with Gasteiger partial charge in [-0.25, -0.2) is 4.98 Å². The minimum Gasteiger partial charge on any atom is -0.383 e. The van der Waals surface area contributed by atoms with Crippen LogP contribution in [0.2, 0.25) is 5.02 Å². The Bertz CT molecular complexity index is 348. The lowest BCUT2D eigenvalue weighted by Gasteiger charge is -2.15. The van der Waals surface area contributed by atoms with Crippen molar-refractivity contribution >= 4 is 23.4 Å². The van der Waals surface area contributed by atoms with E-state index in [2.05, 4.69) is 27.5 Å². The molecule has 0 aliphatic heterocycles. The van der Waals surface area contributed by atoms with E-state index in [9.17, 15) is 0 Å². The first-order valence-corrected chi connectivity index (χ1v) is 6.07. The summed E-state index contributed by atoms with van der Waals surface area (Å²) in [5, 5.41) is 6.80. The Kier molecular flexibility index (Phi) is 6.00. The molecule has 1 rings (SSSR count). The Balaban J connectivity index is 2.68. The second kappa shape index (κ2) is 7.29. The average Bonchev–Trinajstić information content (AvgIpc) is 2.30. The zero-order valence-electron chi connectivity index (χ0n) is 10.5. The molecule has 6 heteroatoms. The van der Waals surface area contributed by atoms with Crippen molar-refractivity contribution < 1.29 is 4.74 Å². The Morgan fingerprint density at radius 2 is 2.29 bits per heavy atom. The lowest BCUT2D eigenvalue weighted by molar-refractivity contribution is 0.190. The van der Waals surface area contributed by atoms with Gasteiger partial charge in [-0.1, -0.05) is 18.5 Å². The van der Waals surface area contributed by atoms with Crippen LogP contribution in [-0.4, -0.2) is 36.3 Å². The molecule has 0 aliphatic carbocycles. The van der Waals surface area contributed by atoms with Gasteiger partial charge >= 0.3 is 0 Å². The third kappa shape index (κ3) is 4.75. The first-order chi connectivity index (χ1) is 8.17. The molecule has 0 spiro atoms. The number of rotatable bonds is 7. The Hall–Kier alpha value is -1.07. The number of hydrogen-bond donors (Lipinski definition) is 2. The highest BCUT2D eigenvalue weighted by Gasteiger charge is 2.08. The number of nitrogens with one attached hydrogen (secondary N) is 2. The molecule has 1 atom stereocenters. The third-order valence-corrected chi connectivity index (χ3v) is 2.35. The summed E-state index contributed by atoms with van der Waals surface area (Å²) in [6, 6.07) is 0.145. The van der Waals surface area contributed by atoms with Gasteiger partial charge in [0.25, 0.3) is 0 Å². The molecule has 0 saturated carbocycles. The van der Waals surface area contributed by atoms with E-state index in [0.717, 1.165) is 13.0 Å². The largest absolute Gasteiger partial charge is 0.383 e. The van der Waals surface area contributed by atoms with Gasteiger partial charge in [-0.3, -0.25) is 0 Å². The number of nitrogens with zero attached hydrogens (tertiary/aromatic N) is 2. The van der Waals surface area contributed by atoms with Gasteiger partial charge in [0.2, 0.25) is 5.95 Å². The van der Waals surface area contributed by atoms with Gasteiger partial charge in [-0.15, -0.1) is 0 Å². The zero-order valence-corrected chi connectivity index (χ0v) is 11.2. The number of halogens is 1. The van der Waals surface area contributed by atoms with Crippen molar-refractivity contribution in [1.29, 1.82) is 0 Å². The molecule has 2 N–H and O–H groups in total. The maximum atomic E-state index is 6.02. The summed E-state index contributed by atoms with van der Waals surface area (Å²) in [5.74, 6) is 1.22. The molecule has 1 aromatic heterocycles. The lowest BCUT2D eigenvalue weighted by Crippen LogP contribution is -2.22. The van der Waals surface area contributed by atoms with Crippen molar-refractivity contribution in [3.05, 3.63) is 11.2 Å². The first-order valence-electron chi connectivity index (χ1n) is 5.69. The number of aromatic nitrogens is 2. The van der Waals surface area contributed by atoms with Crippen molar-refractivity contribution in [2.45, 2.75) is 26.3 Å². The Morgan fingerprint density at radius 1 is 1.53 bits per heavy atom. The monoisotopic (exact) mass is 258 g/mol. The van der Waals surface area contributed by atoms with Gasteiger partial charge < -0.3 is 15.4 Å². The van der Waals surface area contributed by atoms with Crippen LogP contribution in [0.3, 0.4) is 0 Å². The molecule has 0 aliphatic rings. The van der Waals surface area contributed by atoms with Gasteiger partial charge in [-0.05, 0) is 13.3 Å². The number of hydrogen-bond acceptors (Lipinski definition) is 5. The smallest absolute Gasteiger partial charge is 0.224 e. The summed E-state index contributed by atoms with van der Waals surface area (Å²) in [6.07, 6.45) is 2.61. The molecule has 17 heavy (non-hydrogen) atoms. The van der Waals surface area contributed by atoms with Crippen LogP contribution in [-0.2, 0) is 4.74 Å². The van der Waals surface area contributed by atoms with Crippen molar-refractivity contribution in [3.63, 3.8) is 0 Å². The number of methoxy groups -OCH3 is 1. The van der Waals surface area contributed by atoms with E-state index >= 15 is 0 Å². The van der Waals surface area contributed by atoms with E-state index < -0.39 is 0 Å². The molecule has 5 nitrogen and oxygen atoms in total. The fraction of sp³-hybridized carbons (Fsp3) is 0.636. The molecule has 96 valence electrons. The summed E-state index contributed by atoms with van der Waals surface area (Å²) in [6.45, 7) is 5.52. The third-order valence-electron chi connectivity index (χ3n) is 2.08. The molecule has 0 fully saturated rings. The van der Waals surface area contributed by atoms with Gasteiger partial charge in [0.1, 0.15) is 5.02 Å². The molecule has 0 radical (unpaired) electrons. The maximum absolute atomic E-state index is 6.02. The van der Waals surface area contributed by atoms with E-state index in [1.54, 1.807) is 13.3 Å². The molecule has 1 heterocycles. The van der Waals surface area contributed by atoms with Crippen LogP contribution in [0.15, 0.2) is 6.20 Å². The molecular weight excluding hydrogens is 240 g/mol. The fourth-order valence-electron chi connectivity index (χ4n) is 1.32. The van der Waals surface area contributed by atoms with Crippen LogP contribution in [0, 0.1) is 0 Å². The van der Waals surface area contributed by atoms with E-state index in [1.807, 2.05) is 6.92 Å². The standard InChI is InChI=1S/C11H19ClN4O/c1-4-5-13-11-14-6-9(12)10(16-11)15-8(2)7-17-3/h6,8H,4-5,7H2,1-3H3,(H2,13,14,15,16). The van der Waals surface area contributed by atoms with Crippen molar-refractivity contribution in [2.24, 2.45) is 0 Å². The Morgan fingerprint density at radius 3 is 2.94 bits per heavy atom. The summed E-state index contributed by atoms with van der Waals surface area (Å²) < 4.78 is 5.05. The minimum absolute atomic E-state index is 0.145. The SMILES string of the molecule is CCCNc1ncc(Cl)c(NC(C)COC)n1. The summed E-state index contributed by atoms with van der Waals surface area (Å²) in [4.78, 5) is 8.42. The summed E-state index contributed by atoms with van der Waals surface area (Å²) >= 11 is 6.02. The van der Waals surface area contributed by atoms with Crippen molar-refractivity contribution in [2.75, 3.05) is 30.9 Å². The topological polar surface area (TPSA) is 59.1 Å². The number of ether oxygens (including phenoxy) is 1. The van der Waals surface area contributed by atoms with E-state index in [1.165, 1.54) is 0 Å². The van der Waals surface area contributed by atoms with Crippen molar-refractivity contribution in [3.8, 4) is 0 Å². The molecule has 0 aromatic carbocycles. The second-order valence-electron chi connectivity index (χ2n) is 3.82. The highest BCUT2D eigenvalue weighted by molar-refractivity contribution is 6.32. The van der Waals surface area contributed by atoms with E-state index in [0.29, 0.717) is 23.4 Å². The normalized spacial score (nSPS) is 12.2. The van der Waals surface area contributed by atoms with Gasteiger partial charge in [-0.2, -0.15) is 4.98 Å². The maximum Gasteiger partial charge on any atom is 0.224 e. The predicted octanol–water partition coefficient (Wildman–Crippen LogP) is 2.40. The van der Waals surface area contributed by atoms with E-state index in [-0.39, 0.29) is 6.04 Å². The molecule has 0 bridgehead atoms. The Labute approximate surface area is 107 Å². The van der Waals surface area contributed by atoms with Crippen LogP contribution in [0.4, 0.5) is 11.8 Å². The highest BCUT2D eigenvalue weighted by atomic mass is 35.5. The zero-order chi connectivity index (χ0) is 12.7. The van der Waals surface area contributed by atoms with Crippen LogP contribution in [0.25, 0.3) is 0 Å². The average molecular weight is 259 g/mol. The van der Waals surface area contributed by atoms with Crippen LogP contribution in [0.5, 0.6) is 0 Å². The first kappa shape index (κ1) is 14.0. The van der Waals surface area contributed by atoms with E-state index in [4.69, 9.17) is 16.3 Å². The van der Waals surface area contributed by atoms with Gasteiger partial charge in [0.15, 0.2) is 5.82 Å². The lowest BCUT2D eigenvalue weighted by atomic mass is 10.3. The predicted molar refractivity (Wildman–Crippen MR) is 70.8 cm³/mol. The number of anilines is 2. The molecular formula is C11H19ClN4O.